The number of fused-ring (bicyclic) bond motifs is 3. The zero-order valence-electron chi connectivity index (χ0n) is 19.5. The molecule has 2 aliphatic carbocycles. The molecule has 0 spiro atoms. The Morgan fingerprint density at radius 2 is 1.60 bits per heavy atom. The van der Waals surface area contributed by atoms with Crippen LogP contribution < -0.4 is 10.6 Å². The smallest absolute Gasteiger partial charge is 0.407 e. The van der Waals surface area contributed by atoms with Crippen molar-refractivity contribution in [3.05, 3.63) is 59.7 Å². The first-order valence-corrected chi connectivity index (χ1v) is 11.6. The third-order valence-electron chi connectivity index (χ3n) is 6.84. The van der Waals surface area contributed by atoms with Gasteiger partial charge in [0, 0.05) is 24.9 Å². The number of halogens is 2. The van der Waals surface area contributed by atoms with E-state index in [1.807, 2.05) is 62.4 Å². The lowest BCUT2D eigenvalue weighted by Gasteiger charge is -2.22. The van der Waals surface area contributed by atoms with Crippen LogP contribution in [0, 0.1) is 17.8 Å². The largest absolute Gasteiger partial charge is 0.481 e. The van der Waals surface area contributed by atoms with Crippen molar-refractivity contribution in [1.29, 1.82) is 0 Å². The van der Waals surface area contributed by atoms with Gasteiger partial charge in [-0.3, -0.25) is 9.59 Å². The molecular formula is C26H28F2N2O5. The Kier molecular flexibility index (Phi) is 6.78. The number of amides is 2. The number of carbonyl (C=O) groups excluding carboxylic acids is 2. The monoisotopic (exact) mass is 486 g/mol. The molecule has 0 radical (unpaired) electrons. The summed E-state index contributed by atoms with van der Waals surface area (Å²) >= 11 is 0. The van der Waals surface area contributed by atoms with Crippen LogP contribution in [0.5, 0.6) is 0 Å². The number of hydrogen-bond donors (Lipinski definition) is 3. The van der Waals surface area contributed by atoms with Crippen LogP contribution in [0.15, 0.2) is 48.5 Å². The molecule has 0 aromatic heterocycles. The molecule has 35 heavy (non-hydrogen) atoms. The van der Waals surface area contributed by atoms with E-state index in [0.717, 1.165) is 22.3 Å². The summed E-state index contributed by atoms with van der Waals surface area (Å²) in [5, 5.41) is 13.9. The minimum atomic E-state index is -3.32. The van der Waals surface area contributed by atoms with Crippen molar-refractivity contribution in [3.63, 3.8) is 0 Å². The van der Waals surface area contributed by atoms with Crippen molar-refractivity contribution >= 4 is 18.0 Å². The lowest BCUT2D eigenvalue weighted by atomic mass is 9.98. The van der Waals surface area contributed by atoms with Crippen LogP contribution in [-0.2, 0) is 14.3 Å². The second kappa shape index (κ2) is 9.64. The minimum absolute atomic E-state index is 0.101. The molecular weight excluding hydrogens is 458 g/mol. The Labute approximate surface area is 201 Å². The normalized spacial score (nSPS) is 20.5. The zero-order chi connectivity index (χ0) is 25.3. The van der Waals surface area contributed by atoms with Crippen LogP contribution in [-0.4, -0.2) is 48.2 Å². The summed E-state index contributed by atoms with van der Waals surface area (Å²) in [6.07, 6.45) is -0.809. The lowest BCUT2D eigenvalue weighted by Crippen LogP contribution is -2.43. The van der Waals surface area contributed by atoms with Crippen molar-refractivity contribution in [2.75, 3.05) is 13.2 Å². The van der Waals surface area contributed by atoms with Gasteiger partial charge < -0.3 is 20.5 Å². The van der Waals surface area contributed by atoms with Gasteiger partial charge in [-0.25, -0.2) is 13.6 Å². The van der Waals surface area contributed by atoms with Gasteiger partial charge in [-0.2, -0.15) is 0 Å². The number of rotatable bonds is 9. The topological polar surface area (TPSA) is 105 Å². The van der Waals surface area contributed by atoms with E-state index in [0.29, 0.717) is 0 Å². The van der Waals surface area contributed by atoms with E-state index in [2.05, 4.69) is 10.6 Å². The van der Waals surface area contributed by atoms with Crippen LogP contribution in [0.3, 0.4) is 0 Å². The fourth-order valence-corrected chi connectivity index (χ4v) is 4.72. The van der Waals surface area contributed by atoms with E-state index < -0.39 is 48.3 Å². The summed E-state index contributed by atoms with van der Waals surface area (Å²) in [6, 6.07) is 15.4. The van der Waals surface area contributed by atoms with Crippen LogP contribution in [0.25, 0.3) is 11.1 Å². The van der Waals surface area contributed by atoms with Gasteiger partial charge in [0.25, 0.3) is 5.92 Å². The first-order valence-electron chi connectivity index (χ1n) is 11.6. The summed E-state index contributed by atoms with van der Waals surface area (Å²) in [5.41, 5.74) is 4.39. The SMILES string of the molecule is CC(C)[C@@H](CC(=O)NC[C@@H]1[C@H](C(=O)O)C1(F)F)NC(=O)OCC1c2ccccc2-c2ccccc21. The van der Waals surface area contributed by atoms with Crippen molar-refractivity contribution in [2.45, 2.75) is 38.2 Å². The van der Waals surface area contributed by atoms with E-state index in [1.54, 1.807) is 0 Å². The zero-order valence-corrected chi connectivity index (χ0v) is 19.5. The molecule has 0 bridgehead atoms. The van der Waals surface area contributed by atoms with Gasteiger partial charge >= 0.3 is 12.1 Å². The molecule has 7 nitrogen and oxygen atoms in total. The average Bonchev–Trinajstić information content (AvgIpc) is 3.23. The average molecular weight is 487 g/mol. The Morgan fingerprint density at radius 3 is 2.11 bits per heavy atom. The molecule has 1 saturated carbocycles. The number of alkyl carbamates (subject to hydrolysis) is 1. The number of carboxylic acids is 1. The molecule has 1 fully saturated rings. The third-order valence-corrected chi connectivity index (χ3v) is 6.84. The maximum absolute atomic E-state index is 13.5. The summed E-state index contributed by atoms with van der Waals surface area (Å²) < 4.78 is 32.6. The molecule has 2 aliphatic rings. The van der Waals surface area contributed by atoms with Crippen molar-refractivity contribution < 1.29 is 33.0 Å². The van der Waals surface area contributed by atoms with Gasteiger partial charge in [-0.05, 0) is 28.2 Å². The summed E-state index contributed by atoms with van der Waals surface area (Å²) in [6.45, 7) is 3.33. The van der Waals surface area contributed by atoms with Crippen molar-refractivity contribution in [1.82, 2.24) is 10.6 Å². The van der Waals surface area contributed by atoms with Crippen molar-refractivity contribution in [3.8, 4) is 11.1 Å². The maximum atomic E-state index is 13.5. The Bertz CT molecular complexity index is 1090. The molecule has 3 N–H and O–H groups in total. The number of nitrogens with one attached hydrogen (secondary N) is 2. The number of alkyl halides is 2. The Morgan fingerprint density at radius 1 is 1.03 bits per heavy atom. The number of benzene rings is 2. The number of carboxylic acid groups (broad SMARTS) is 1. The van der Waals surface area contributed by atoms with E-state index in [-0.39, 0.29) is 24.9 Å². The van der Waals surface area contributed by atoms with Crippen molar-refractivity contribution in [2.24, 2.45) is 17.8 Å². The molecule has 2 amide bonds. The Balaban J connectivity index is 1.30. The maximum Gasteiger partial charge on any atom is 0.407 e. The number of carbonyl (C=O) groups is 3. The van der Waals surface area contributed by atoms with E-state index in [9.17, 15) is 23.2 Å². The molecule has 3 atom stereocenters. The molecule has 9 heteroatoms. The predicted octanol–water partition coefficient (Wildman–Crippen LogP) is 4.02. The molecule has 0 heterocycles. The summed E-state index contributed by atoms with van der Waals surface area (Å²) in [5.74, 6) is -8.87. The highest BCUT2D eigenvalue weighted by Gasteiger charge is 2.72. The fourth-order valence-electron chi connectivity index (χ4n) is 4.72. The van der Waals surface area contributed by atoms with Crippen LogP contribution >= 0.6 is 0 Å². The third kappa shape index (κ3) is 4.99. The van der Waals surface area contributed by atoms with Gasteiger partial charge in [-0.1, -0.05) is 62.4 Å². The van der Waals surface area contributed by atoms with E-state index in [4.69, 9.17) is 9.84 Å². The number of hydrogen-bond acceptors (Lipinski definition) is 4. The highest BCUT2D eigenvalue weighted by atomic mass is 19.3. The van der Waals surface area contributed by atoms with E-state index in [1.165, 1.54) is 0 Å². The van der Waals surface area contributed by atoms with Gasteiger partial charge in [0.1, 0.15) is 12.5 Å². The molecule has 4 rings (SSSR count). The first kappa shape index (κ1) is 24.6. The number of aliphatic carboxylic acids is 1. The quantitative estimate of drug-likeness (QED) is 0.497. The molecule has 0 unspecified atom stereocenters. The Hall–Kier alpha value is -3.49. The van der Waals surface area contributed by atoms with Gasteiger partial charge in [0.15, 0.2) is 0 Å². The van der Waals surface area contributed by atoms with Gasteiger partial charge in [0.2, 0.25) is 5.91 Å². The highest BCUT2D eigenvalue weighted by molar-refractivity contribution is 5.80. The molecule has 2 aromatic rings. The molecule has 0 saturated heterocycles. The fraction of sp³-hybridized carbons (Fsp3) is 0.423. The summed E-state index contributed by atoms with van der Waals surface area (Å²) in [7, 11) is 0. The first-order chi connectivity index (χ1) is 16.6. The standard InChI is InChI=1S/C26H28F2N2O5/c1-14(2)21(11-22(31)29-12-20-23(24(32)33)26(20,27)28)30-25(34)35-13-19-17-9-5-3-7-15(17)16-8-4-6-10-18(16)19/h3-10,14,19-21,23H,11-13H2,1-2H3,(H,29,31)(H,30,34)(H,32,33)/t20-,21-,23-/m1/s1. The van der Waals surface area contributed by atoms with Gasteiger partial charge in [-0.15, -0.1) is 0 Å². The molecule has 2 aromatic carbocycles. The highest BCUT2D eigenvalue weighted by Crippen LogP contribution is 2.54. The van der Waals surface area contributed by atoms with Crippen LogP contribution in [0.1, 0.15) is 37.3 Å². The molecule has 186 valence electrons. The van der Waals surface area contributed by atoms with Crippen LogP contribution in [0.2, 0.25) is 0 Å². The van der Waals surface area contributed by atoms with Gasteiger partial charge in [0.05, 0.1) is 5.92 Å². The second-order valence-electron chi connectivity index (χ2n) is 9.43. The molecule has 0 aliphatic heterocycles. The second-order valence-corrected chi connectivity index (χ2v) is 9.43. The minimum Gasteiger partial charge on any atom is -0.481 e. The predicted molar refractivity (Wildman–Crippen MR) is 124 cm³/mol. The summed E-state index contributed by atoms with van der Waals surface area (Å²) in [4.78, 5) is 35.7. The number of ether oxygens (including phenoxy) is 1. The van der Waals surface area contributed by atoms with Crippen LogP contribution in [0.4, 0.5) is 13.6 Å². The van der Waals surface area contributed by atoms with E-state index >= 15 is 0 Å². The lowest BCUT2D eigenvalue weighted by molar-refractivity contribution is -0.141.